The van der Waals surface area contributed by atoms with E-state index in [4.69, 9.17) is 21.7 Å². The van der Waals surface area contributed by atoms with Gasteiger partial charge in [-0.3, -0.25) is 4.90 Å². The van der Waals surface area contributed by atoms with Gasteiger partial charge in [0.25, 0.3) is 5.17 Å². The molecule has 47 heavy (non-hydrogen) atoms. The molecule has 2 aliphatic heterocycles. The number of phenolic OH excluding ortho intramolecular Hbond substituents is 1. The van der Waals surface area contributed by atoms with Crippen molar-refractivity contribution in [1.29, 1.82) is 0 Å². The van der Waals surface area contributed by atoms with E-state index < -0.39 is 55.4 Å². The average Bonchev–Trinajstić information content (AvgIpc) is 3.42. The van der Waals surface area contributed by atoms with E-state index in [1.54, 1.807) is 42.5 Å². The summed E-state index contributed by atoms with van der Waals surface area (Å²) in [6.45, 7) is -0.515. The summed E-state index contributed by atoms with van der Waals surface area (Å²) in [7, 11) is 0. The molecule has 246 valence electrons. The summed E-state index contributed by atoms with van der Waals surface area (Å²) in [5.74, 6) is -0.364. The van der Waals surface area contributed by atoms with E-state index in [2.05, 4.69) is 0 Å². The molecule has 0 aliphatic carbocycles. The van der Waals surface area contributed by atoms with Gasteiger partial charge in [-0.1, -0.05) is 66.7 Å². The minimum Gasteiger partial charge on any atom is -0.508 e. The van der Waals surface area contributed by atoms with Crippen LogP contribution in [-0.2, 0) is 9.47 Å². The number of halogens is 1. The van der Waals surface area contributed by atoms with Crippen molar-refractivity contribution in [2.75, 3.05) is 11.5 Å². The normalized spacial score (nSPS) is 26.6. The number of benzene rings is 4. The predicted molar refractivity (Wildman–Crippen MR) is 176 cm³/mol. The second kappa shape index (κ2) is 14.0. The summed E-state index contributed by atoms with van der Waals surface area (Å²) < 4.78 is 25.3. The average molecular weight is 662 g/mol. The van der Waals surface area contributed by atoms with Crippen molar-refractivity contribution in [2.24, 2.45) is 0 Å². The largest absolute Gasteiger partial charge is 0.508 e. The van der Waals surface area contributed by atoms with Crippen molar-refractivity contribution in [3.05, 3.63) is 120 Å². The maximum Gasteiger partial charge on any atom is 0.264 e. The first-order valence-corrected chi connectivity index (χ1v) is 15.8. The molecular formula is C36H36FNO8S. The van der Waals surface area contributed by atoms with Crippen LogP contribution in [0.3, 0.4) is 0 Å². The van der Waals surface area contributed by atoms with Crippen molar-refractivity contribution in [1.82, 2.24) is 0 Å². The molecule has 2 heterocycles. The third-order valence-corrected chi connectivity index (χ3v) is 9.20. The Morgan fingerprint density at radius 1 is 0.809 bits per heavy atom. The fraction of sp³-hybridized carbons (Fsp3) is 0.306. The van der Waals surface area contributed by atoms with Gasteiger partial charge in [-0.05, 0) is 77.6 Å². The topological polar surface area (TPSA) is 143 Å². The maximum absolute atomic E-state index is 13.4. The molecule has 11 heteroatoms. The van der Waals surface area contributed by atoms with Crippen LogP contribution in [0.1, 0.15) is 47.8 Å². The van der Waals surface area contributed by atoms with Crippen molar-refractivity contribution in [3.63, 3.8) is 0 Å². The van der Waals surface area contributed by atoms with Gasteiger partial charge in [0.1, 0.15) is 54.2 Å². The quantitative estimate of drug-likeness (QED) is 0.142. The standard InChI is InChI=1S/C36H36FNO8S/c37-24-13-10-21(11-14-24)27(40)16-17-29-31(38(36(47)46-29)25-4-2-1-3-5-25)26-15-12-23(18-28(26)41)20-6-8-22(9-7-20)35-34(44)33(43)32(42)30(19-39)45-35/h1-15,18,27,29-35,39-44H,16-17,19H2/t27?,29-,30+,31+,32+,33-,34+,35-/m0/s1. The maximum atomic E-state index is 13.4. The molecule has 8 atom stereocenters. The summed E-state index contributed by atoms with van der Waals surface area (Å²) in [5.41, 5.74) is 3.98. The summed E-state index contributed by atoms with van der Waals surface area (Å²) in [5, 5.41) is 62.8. The Bertz CT molecular complexity index is 1670. The van der Waals surface area contributed by atoms with Crippen molar-refractivity contribution >= 4 is 23.1 Å². The predicted octanol–water partition coefficient (Wildman–Crippen LogP) is 4.46. The number of aliphatic hydroxyl groups is 5. The Kier molecular flexibility index (Phi) is 9.85. The Labute approximate surface area is 276 Å². The molecule has 0 amide bonds. The summed E-state index contributed by atoms with van der Waals surface area (Å²) in [6, 6.07) is 27.0. The molecule has 4 aromatic rings. The van der Waals surface area contributed by atoms with Crippen LogP contribution < -0.4 is 4.90 Å². The number of aromatic hydroxyl groups is 1. The van der Waals surface area contributed by atoms with Gasteiger partial charge in [-0.15, -0.1) is 0 Å². The van der Waals surface area contributed by atoms with Crippen LogP contribution in [-0.4, -0.2) is 72.9 Å². The zero-order valence-corrected chi connectivity index (χ0v) is 26.0. The molecule has 1 unspecified atom stereocenters. The van der Waals surface area contributed by atoms with E-state index in [1.165, 1.54) is 12.1 Å². The lowest BCUT2D eigenvalue weighted by Gasteiger charge is -2.40. The number of ether oxygens (including phenoxy) is 2. The van der Waals surface area contributed by atoms with Crippen molar-refractivity contribution in [3.8, 4) is 16.9 Å². The molecule has 0 bridgehead atoms. The van der Waals surface area contributed by atoms with E-state index in [0.29, 0.717) is 35.1 Å². The Hall–Kier alpha value is -3.94. The first-order valence-electron chi connectivity index (χ1n) is 15.4. The fourth-order valence-electron chi connectivity index (χ4n) is 6.33. The molecule has 2 fully saturated rings. The van der Waals surface area contributed by atoms with E-state index in [1.807, 2.05) is 47.4 Å². The number of phenols is 1. The van der Waals surface area contributed by atoms with E-state index >= 15 is 0 Å². The van der Waals surface area contributed by atoms with E-state index in [0.717, 1.165) is 11.3 Å². The minimum atomic E-state index is -1.48. The second-order valence-electron chi connectivity index (χ2n) is 11.9. The lowest BCUT2D eigenvalue weighted by Crippen LogP contribution is -2.55. The highest BCUT2D eigenvalue weighted by molar-refractivity contribution is 7.80. The van der Waals surface area contributed by atoms with Crippen LogP contribution in [0.2, 0.25) is 0 Å². The molecule has 4 aromatic carbocycles. The third kappa shape index (κ3) is 6.74. The number of aliphatic hydroxyl groups excluding tert-OH is 5. The van der Waals surface area contributed by atoms with E-state index in [9.17, 15) is 35.0 Å². The SMILES string of the molecule is OC[C@H]1O[C@@H](c2ccc(-c3ccc([C@@H]4[C@H](CCC(O)c5ccc(F)cc5)OC(=S)N4c4ccccc4)c(O)c3)cc2)[C@H](O)[C@@H](O)[C@@H]1O. The lowest BCUT2D eigenvalue weighted by atomic mass is 9.90. The molecule has 9 nitrogen and oxygen atoms in total. The zero-order valence-electron chi connectivity index (χ0n) is 25.2. The molecule has 0 radical (unpaired) electrons. The fourth-order valence-corrected chi connectivity index (χ4v) is 6.67. The Morgan fingerprint density at radius 3 is 2.15 bits per heavy atom. The van der Waals surface area contributed by atoms with E-state index in [-0.39, 0.29) is 16.7 Å². The van der Waals surface area contributed by atoms with Crippen LogP contribution in [0.4, 0.5) is 10.1 Å². The Balaban J connectivity index is 1.25. The number of hydrogen-bond acceptors (Lipinski definition) is 9. The van der Waals surface area contributed by atoms with Crippen molar-refractivity contribution in [2.45, 2.75) is 61.6 Å². The number of anilines is 1. The molecule has 6 rings (SSSR count). The summed E-state index contributed by atoms with van der Waals surface area (Å²) >= 11 is 5.66. The number of nitrogens with zero attached hydrogens (tertiary/aromatic N) is 1. The second-order valence-corrected chi connectivity index (χ2v) is 12.2. The van der Waals surface area contributed by atoms with Gasteiger partial charge in [-0.25, -0.2) is 4.39 Å². The first-order chi connectivity index (χ1) is 22.7. The number of hydrogen-bond donors (Lipinski definition) is 6. The molecule has 6 N–H and O–H groups in total. The smallest absolute Gasteiger partial charge is 0.264 e. The summed E-state index contributed by atoms with van der Waals surface area (Å²) in [6.07, 6.45) is -6.92. The van der Waals surface area contributed by atoms with Gasteiger partial charge in [0.2, 0.25) is 0 Å². The highest BCUT2D eigenvalue weighted by Gasteiger charge is 2.44. The van der Waals surface area contributed by atoms with Gasteiger partial charge in [-0.2, -0.15) is 0 Å². The van der Waals surface area contributed by atoms with Gasteiger partial charge in [0, 0.05) is 11.3 Å². The highest BCUT2D eigenvalue weighted by atomic mass is 32.1. The minimum absolute atomic E-state index is 0.0174. The third-order valence-electron chi connectivity index (χ3n) is 8.91. The van der Waals surface area contributed by atoms with Crippen LogP contribution in [0.15, 0.2) is 97.1 Å². The van der Waals surface area contributed by atoms with Crippen LogP contribution >= 0.6 is 12.2 Å². The molecule has 0 spiro atoms. The zero-order chi connectivity index (χ0) is 33.2. The van der Waals surface area contributed by atoms with Gasteiger partial charge >= 0.3 is 0 Å². The van der Waals surface area contributed by atoms with Crippen LogP contribution in [0.5, 0.6) is 5.75 Å². The van der Waals surface area contributed by atoms with Gasteiger partial charge < -0.3 is 40.1 Å². The van der Waals surface area contributed by atoms with Crippen LogP contribution in [0.25, 0.3) is 11.1 Å². The molecular weight excluding hydrogens is 625 g/mol. The van der Waals surface area contributed by atoms with Gasteiger partial charge in [0.15, 0.2) is 0 Å². The number of para-hydroxylation sites is 1. The van der Waals surface area contributed by atoms with Crippen LogP contribution in [0, 0.1) is 5.82 Å². The highest BCUT2D eigenvalue weighted by Crippen LogP contribution is 2.44. The Morgan fingerprint density at radius 2 is 1.49 bits per heavy atom. The molecule has 2 saturated heterocycles. The lowest BCUT2D eigenvalue weighted by molar-refractivity contribution is -0.231. The van der Waals surface area contributed by atoms with Gasteiger partial charge in [0.05, 0.1) is 12.7 Å². The first kappa shape index (κ1) is 33.0. The number of rotatable bonds is 9. The monoisotopic (exact) mass is 661 g/mol. The molecule has 0 aromatic heterocycles. The number of thiocarbonyl (C=S) groups is 1. The molecule has 2 aliphatic rings. The summed E-state index contributed by atoms with van der Waals surface area (Å²) in [4.78, 5) is 1.86. The molecule has 0 saturated carbocycles. The van der Waals surface area contributed by atoms with Crippen molar-refractivity contribution < 1.29 is 44.5 Å².